The van der Waals surface area contributed by atoms with E-state index in [2.05, 4.69) is 68.5 Å². The van der Waals surface area contributed by atoms with Crippen molar-refractivity contribution in [2.24, 2.45) is 0 Å². The van der Waals surface area contributed by atoms with Crippen LogP contribution in [0.25, 0.3) is 0 Å². The molecule has 0 aliphatic heterocycles. The minimum atomic E-state index is -4.67. The molecule has 0 bridgehead atoms. The van der Waals surface area contributed by atoms with Crippen molar-refractivity contribution >= 4 is 25.5 Å². The van der Waals surface area contributed by atoms with E-state index in [1.165, 1.54) is 0 Å². The van der Waals surface area contributed by atoms with E-state index in [0.29, 0.717) is 43.1 Å². The van der Waals surface area contributed by atoms with Gasteiger partial charge in [0.05, 0.1) is 27.7 Å². The number of nitrogens with zero attached hydrogens (tertiary/aromatic N) is 1. The lowest BCUT2D eigenvalue weighted by Crippen LogP contribution is -2.37. The third-order valence-electron chi connectivity index (χ3n) is 8.25. The number of allylic oxidation sites excluding steroid dienone is 18. The Morgan fingerprint density at radius 3 is 1.63 bits per heavy atom. The van der Waals surface area contributed by atoms with Crippen molar-refractivity contribution in [2.75, 3.05) is 47.5 Å². The zero-order valence-corrected chi connectivity index (χ0v) is 37.8. The number of phosphoric acid groups is 1. The standard InChI is InChI=1S/C48H76NO9P/c1-6-8-10-11-12-13-14-15-16-17-18-19-22-25-28-31-35-39-47(51)55-43-46(44-57-59(53,54)56-42-41-49(3,4)5)58-48(52)40-36-32-29-26-23-20-21-24-27-30-34-38-45(50)37-33-9-7-2/h8,10,12-13,15-16,18-21,25-30,34,38,46H,6-7,9,11,14,17,22-24,31-33,35-37,39-44H2,1-5H3/b10-8-,13-12-,16-15-,19-18-,21-20-,28-25-,29-26-,30-27-,38-34+/t46-/m1/s1. The van der Waals surface area contributed by atoms with Gasteiger partial charge in [-0.3, -0.25) is 18.9 Å². The second kappa shape index (κ2) is 38.5. The number of rotatable bonds is 37. The fourth-order valence-electron chi connectivity index (χ4n) is 4.87. The number of unbranched alkanes of at least 4 members (excludes halogenated alkanes) is 4. The van der Waals surface area contributed by atoms with Crippen LogP contribution in [0.2, 0.25) is 0 Å². The van der Waals surface area contributed by atoms with Gasteiger partial charge in [0, 0.05) is 19.3 Å². The normalized spacial score (nSPS) is 14.5. The maximum Gasteiger partial charge on any atom is 0.306 e. The molecule has 0 heterocycles. The van der Waals surface area contributed by atoms with Crippen molar-refractivity contribution in [1.82, 2.24) is 0 Å². The Bertz CT molecular complexity index is 1430. The lowest BCUT2D eigenvalue weighted by Gasteiger charge is -2.28. The summed E-state index contributed by atoms with van der Waals surface area (Å²) in [5.41, 5.74) is 0. The number of phosphoric ester groups is 1. The molecule has 0 saturated heterocycles. The van der Waals surface area contributed by atoms with Crippen LogP contribution in [0, 0.1) is 0 Å². The quantitative estimate of drug-likeness (QED) is 0.0114. The molecule has 11 heteroatoms. The van der Waals surface area contributed by atoms with Crippen LogP contribution in [-0.4, -0.2) is 75.8 Å². The number of carbonyl (C=O) groups excluding carboxylic acids is 3. The molecule has 0 aromatic heterocycles. The van der Waals surface area contributed by atoms with Crippen LogP contribution >= 0.6 is 7.82 Å². The summed E-state index contributed by atoms with van der Waals surface area (Å²) in [5, 5.41) is 0. The Morgan fingerprint density at radius 1 is 0.593 bits per heavy atom. The SMILES string of the molecule is CC/C=C\C/C=C\C/C=C\C/C=C\C/C=C\CCCC(=O)OC[C@H](COP(=O)([O-])OCC[N+](C)(C)C)OC(=O)CCC/C=C\C/C=C\C/C=C\C=C\C(=O)CCCCC. The zero-order chi connectivity index (χ0) is 43.7. The van der Waals surface area contributed by atoms with Gasteiger partial charge in [-0.1, -0.05) is 130 Å². The smallest absolute Gasteiger partial charge is 0.306 e. The number of esters is 2. The Balaban J connectivity index is 4.63. The highest BCUT2D eigenvalue weighted by Crippen LogP contribution is 2.38. The average Bonchev–Trinajstić information content (AvgIpc) is 3.18. The van der Waals surface area contributed by atoms with Gasteiger partial charge in [0.15, 0.2) is 11.9 Å². The molecule has 0 spiro atoms. The first-order valence-electron chi connectivity index (χ1n) is 21.5. The summed E-state index contributed by atoms with van der Waals surface area (Å²) in [6, 6.07) is 0. The van der Waals surface area contributed by atoms with E-state index < -0.39 is 32.5 Å². The van der Waals surface area contributed by atoms with Crippen LogP contribution < -0.4 is 4.89 Å². The number of hydrogen-bond donors (Lipinski definition) is 0. The molecule has 0 rings (SSSR count). The van der Waals surface area contributed by atoms with Crippen LogP contribution in [0.3, 0.4) is 0 Å². The first-order valence-corrected chi connectivity index (χ1v) is 23.0. The summed E-state index contributed by atoms with van der Waals surface area (Å²) >= 11 is 0. The molecule has 0 aromatic carbocycles. The molecule has 0 aliphatic carbocycles. The Labute approximate surface area is 357 Å². The van der Waals surface area contributed by atoms with Gasteiger partial charge in [-0.15, -0.1) is 0 Å². The summed E-state index contributed by atoms with van der Waals surface area (Å²) < 4.78 is 33.7. The van der Waals surface area contributed by atoms with Gasteiger partial charge in [-0.05, 0) is 83.1 Å². The molecule has 0 radical (unpaired) electrons. The lowest BCUT2D eigenvalue weighted by molar-refractivity contribution is -0.870. The maximum atomic E-state index is 12.6. The summed E-state index contributed by atoms with van der Waals surface area (Å²) in [5.74, 6) is -0.856. The number of hydrogen-bond acceptors (Lipinski definition) is 9. The predicted octanol–water partition coefficient (Wildman–Crippen LogP) is 10.9. The van der Waals surface area contributed by atoms with Crippen LogP contribution in [-0.2, 0) is 37.5 Å². The second-order valence-electron chi connectivity index (χ2n) is 15.0. The Hall–Kier alpha value is -3.66. The molecule has 0 fully saturated rings. The second-order valence-corrected chi connectivity index (χ2v) is 16.4. The van der Waals surface area contributed by atoms with Gasteiger partial charge in [0.1, 0.15) is 19.8 Å². The number of carbonyl (C=O) groups is 3. The molecule has 2 atom stereocenters. The highest BCUT2D eigenvalue weighted by Gasteiger charge is 2.21. The van der Waals surface area contributed by atoms with Crippen molar-refractivity contribution in [3.05, 3.63) is 109 Å². The van der Waals surface area contributed by atoms with Crippen molar-refractivity contribution in [2.45, 2.75) is 129 Å². The molecule has 332 valence electrons. The highest BCUT2D eigenvalue weighted by molar-refractivity contribution is 7.45. The van der Waals surface area contributed by atoms with E-state index in [1.807, 2.05) is 63.7 Å². The summed E-state index contributed by atoms with van der Waals surface area (Å²) in [6.45, 7) is 3.76. The molecule has 0 amide bonds. The van der Waals surface area contributed by atoms with Crippen molar-refractivity contribution < 1.29 is 46.8 Å². The van der Waals surface area contributed by atoms with E-state index >= 15 is 0 Å². The molecule has 10 nitrogen and oxygen atoms in total. The van der Waals surface area contributed by atoms with E-state index in [1.54, 1.807) is 12.2 Å². The van der Waals surface area contributed by atoms with Gasteiger partial charge >= 0.3 is 11.9 Å². The largest absolute Gasteiger partial charge is 0.756 e. The monoisotopic (exact) mass is 842 g/mol. The highest BCUT2D eigenvalue weighted by atomic mass is 31.2. The molecule has 59 heavy (non-hydrogen) atoms. The number of ether oxygens (including phenoxy) is 2. The molecular formula is C48H76NO9P. The third kappa shape index (κ3) is 42.3. The van der Waals surface area contributed by atoms with Gasteiger partial charge in [0.2, 0.25) is 0 Å². The number of quaternary nitrogens is 1. The van der Waals surface area contributed by atoms with E-state index in [4.69, 9.17) is 18.5 Å². The Kier molecular flexibility index (Phi) is 36.1. The first-order chi connectivity index (χ1) is 28.4. The zero-order valence-electron chi connectivity index (χ0n) is 36.9. The van der Waals surface area contributed by atoms with Crippen LogP contribution in [0.15, 0.2) is 109 Å². The van der Waals surface area contributed by atoms with E-state index in [9.17, 15) is 23.8 Å². The summed E-state index contributed by atoms with van der Waals surface area (Å²) in [7, 11) is 1.04. The molecule has 1 unspecified atom stereocenters. The molecule has 0 saturated carbocycles. The molecule has 0 aromatic rings. The fourth-order valence-corrected chi connectivity index (χ4v) is 5.60. The summed E-state index contributed by atoms with van der Waals surface area (Å²) in [4.78, 5) is 49.2. The minimum absolute atomic E-state index is 0.0674. The van der Waals surface area contributed by atoms with Gasteiger partial charge < -0.3 is 27.9 Å². The van der Waals surface area contributed by atoms with Crippen molar-refractivity contribution in [3.63, 3.8) is 0 Å². The molecule has 0 aliphatic rings. The minimum Gasteiger partial charge on any atom is -0.756 e. The van der Waals surface area contributed by atoms with E-state index in [0.717, 1.165) is 64.2 Å². The third-order valence-corrected chi connectivity index (χ3v) is 9.22. The summed E-state index contributed by atoms with van der Waals surface area (Å²) in [6.07, 6.45) is 48.3. The van der Waals surface area contributed by atoms with E-state index in [-0.39, 0.29) is 31.8 Å². The lowest BCUT2D eigenvalue weighted by atomic mass is 10.1. The predicted molar refractivity (Wildman–Crippen MR) is 240 cm³/mol. The van der Waals surface area contributed by atoms with Gasteiger partial charge in [-0.2, -0.15) is 0 Å². The first kappa shape index (κ1) is 55.3. The number of likely N-dealkylation sites (N-methyl/N-ethyl adjacent to an activating group) is 1. The fraction of sp³-hybridized carbons (Fsp3) is 0.562. The van der Waals surface area contributed by atoms with Crippen LogP contribution in [0.5, 0.6) is 0 Å². The Morgan fingerprint density at radius 2 is 1.10 bits per heavy atom. The van der Waals surface area contributed by atoms with Gasteiger partial charge in [0.25, 0.3) is 7.82 Å². The van der Waals surface area contributed by atoms with Gasteiger partial charge in [-0.25, -0.2) is 0 Å². The molecular weight excluding hydrogens is 765 g/mol. The number of ketones is 1. The maximum absolute atomic E-state index is 12.6. The topological polar surface area (TPSA) is 128 Å². The molecule has 0 N–H and O–H groups in total. The van der Waals surface area contributed by atoms with Crippen molar-refractivity contribution in [3.8, 4) is 0 Å². The average molecular weight is 842 g/mol. The van der Waals surface area contributed by atoms with Crippen LogP contribution in [0.4, 0.5) is 0 Å². The van der Waals surface area contributed by atoms with Crippen LogP contribution in [0.1, 0.15) is 123 Å². The van der Waals surface area contributed by atoms with Crippen molar-refractivity contribution in [1.29, 1.82) is 0 Å².